The summed E-state index contributed by atoms with van der Waals surface area (Å²) in [4.78, 5) is 18.0. The van der Waals surface area contributed by atoms with E-state index in [1.807, 2.05) is 25.1 Å². The summed E-state index contributed by atoms with van der Waals surface area (Å²) in [6.45, 7) is 5.68. The van der Waals surface area contributed by atoms with Gasteiger partial charge in [-0.1, -0.05) is 12.1 Å². The lowest BCUT2D eigenvalue weighted by molar-refractivity contribution is 0.0660. The van der Waals surface area contributed by atoms with Crippen molar-refractivity contribution in [2.75, 3.05) is 26.9 Å². The predicted molar refractivity (Wildman–Crippen MR) is 112 cm³/mol. The highest BCUT2D eigenvalue weighted by atomic mass is 16.5. The molecule has 3 aromatic rings. The van der Waals surface area contributed by atoms with E-state index in [0.717, 1.165) is 53.8 Å². The van der Waals surface area contributed by atoms with Gasteiger partial charge in [-0.05, 0) is 53.3 Å². The number of tetrazole rings is 1. The normalized spacial score (nSPS) is 16.7. The second-order valence-corrected chi connectivity index (χ2v) is 7.83. The maximum Gasteiger partial charge on any atom is 0.252 e. The summed E-state index contributed by atoms with van der Waals surface area (Å²) in [5.74, 6) is 0.748. The van der Waals surface area contributed by atoms with Crippen LogP contribution in [-0.2, 0) is 29.1 Å². The number of nitrogens with one attached hydrogen (secondary N) is 1. The maximum atomic E-state index is 12.8. The SMILES string of the molecule is COCCn1nnnc1CN(Cc1cc2ccc(C)cc2[nH]c1=O)CC1CCCO1. The van der Waals surface area contributed by atoms with Gasteiger partial charge in [0.2, 0.25) is 0 Å². The van der Waals surface area contributed by atoms with Crippen LogP contribution in [0.15, 0.2) is 29.1 Å². The highest BCUT2D eigenvalue weighted by Crippen LogP contribution is 2.18. The van der Waals surface area contributed by atoms with Crippen molar-refractivity contribution in [3.63, 3.8) is 0 Å². The number of aromatic nitrogens is 5. The third-order valence-corrected chi connectivity index (χ3v) is 5.44. The van der Waals surface area contributed by atoms with Gasteiger partial charge in [0.15, 0.2) is 5.82 Å². The Morgan fingerprint density at radius 1 is 1.33 bits per heavy atom. The van der Waals surface area contributed by atoms with Crippen LogP contribution in [0, 0.1) is 6.92 Å². The molecule has 1 aliphatic rings. The van der Waals surface area contributed by atoms with Gasteiger partial charge in [0.25, 0.3) is 5.56 Å². The fourth-order valence-corrected chi connectivity index (χ4v) is 3.87. The second kappa shape index (κ2) is 9.46. The summed E-state index contributed by atoms with van der Waals surface area (Å²) in [5, 5.41) is 13.1. The molecule has 160 valence electrons. The van der Waals surface area contributed by atoms with Gasteiger partial charge in [0, 0.05) is 37.9 Å². The molecule has 0 radical (unpaired) electrons. The van der Waals surface area contributed by atoms with Gasteiger partial charge in [0.05, 0.1) is 25.8 Å². The number of ether oxygens (including phenoxy) is 2. The Kier molecular flexibility index (Phi) is 6.51. The zero-order valence-corrected chi connectivity index (χ0v) is 17.5. The first-order chi connectivity index (χ1) is 14.6. The molecule has 0 spiro atoms. The maximum absolute atomic E-state index is 12.8. The van der Waals surface area contributed by atoms with E-state index in [1.165, 1.54) is 0 Å². The summed E-state index contributed by atoms with van der Waals surface area (Å²) in [6.07, 6.45) is 2.26. The molecule has 0 saturated carbocycles. The highest BCUT2D eigenvalue weighted by Gasteiger charge is 2.22. The third-order valence-electron chi connectivity index (χ3n) is 5.44. The van der Waals surface area contributed by atoms with E-state index in [1.54, 1.807) is 11.8 Å². The van der Waals surface area contributed by atoms with Crippen molar-refractivity contribution >= 4 is 10.9 Å². The number of benzene rings is 1. The van der Waals surface area contributed by atoms with Crippen molar-refractivity contribution in [2.45, 2.75) is 45.5 Å². The van der Waals surface area contributed by atoms with Crippen molar-refractivity contribution < 1.29 is 9.47 Å². The summed E-state index contributed by atoms with van der Waals surface area (Å²) >= 11 is 0. The van der Waals surface area contributed by atoms with E-state index in [-0.39, 0.29) is 11.7 Å². The number of aromatic amines is 1. The first kappa shape index (κ1) is 20.6. The molecular formula is C21H28N6O3. The smallest absolute Gasteiger partial charge is 0.252 e. The fraction of sp³-hybridized carbons (Fsp3) is 0.524. The molecule has 4 rings (SSSR count). The quantitative estimate of drug-likeness (QED) is 0.571. The molecule has 0 bridgehead atoms. The first-order valence-corrected chi connectivity index (χ1v) is 10.3. The van der Waals surface area contributed by atoms with E-state index in [0.29, 0.717) is 26.2 Å². The Morgan fingerprint density at radius 3 is 3.03 bits per heavy atom. The van der Waals surface area contributed by atoms with Gasteiger partial charge >= 0.3 is 0 Å². The van der Waals surface area contributed by atoms with Gasteiger partial charge in [0.1, 0.15) is 0 Å². The average molecular weight is 412 g/mol. The number of methoxy groups -OCH3 is 1. The van der Waals surface area contributed by atoms with Crippen LogP contribution in [0.2, 0.25) is 0 Å². The van der Waals surface area contributed by atoms with E-state index in [9.17, 15) is 4.79 Å². The molecule has 9 heteroatoms. The molecule has 1 aliphatic heterocycles. The van der Waals surface area contributed by atoms with Gasteiger partial charge in [-0.2, -0.15) is 0 Å². The number of nitrogens with zero attached hydrogens (tertiary/aromatic N) is 5. The van der Waals surface area contributed by atoms with Crippen molar-refractivity contribution in [1.82, 2.24) is 30.1 Å². The van der Waals surface area contributed by atoms with Gasteiger partial charge in [-0.15, -0.1) is 5.10 Å². The van der Waals surface area contributed by atoms with E-state index in [2.05, 4.69) is 31.5 Å². The lowest BCUT2D eigenvalue weighted by Gasteiger charge is -2.24. The Morgan fingerprint density at radius 2 is 2.23 bits per heavy atom. The third kappa shape index (κ3) is 4.92. The number of fused-ring (bicyclic) bond motifs is 1. The Hall–Kier alpha value is -2.62. The molecule has 1 aromatic carbocycles. The molecule has 1 fully saturated rings. The fourth-order valence-electron chi connectivity index (χ4n) is 3.87. The van der Waals surface area contributed by atoms with Crippen LogP contribution < -0.4 is 5.56 Å². The number of hydrogen-bond donors (Lipinski definition) is 1. The Bertz CT molecular complexity index is 1040. The van der Waals surface area contributed by atoms with Gasteiger partial charge in [-0.25, -0.2) is 4.68 Å². The number of H-pyrrole nitrogens is 1. The van der Waals surface area contributed by atoms with Crippen LogP contribution >= 0.6 is 0 Å². The summed E-state index contributed by atoms with van der Waals surface area (Å²) in [5.41, 5.74) is 2.64. The Balaban J connectivity index is 1.57. The minimum Gasteiger partial charge on any atom is -0.383 e. The minimum absolute atomic E-state index is 0.0654. The number of aryl methyl sites for hydroxylation is 1. The van der Waals surface area contributed by atoms with E-state index in [4.69, 9.17) is 9.47 Å². The molecule has 1 atom stereocenters. The van der Waals surface area contributed by atoms with Gasteiger partial charge < -0.3 is 14.5 Å². The molecule has 1 N–H and O–H groups in total. The van der Waals surface area contributed by atoms with Crippen molar-refractivity contribution in [1.29, 1.82) is 0 Å². The van der Waals surface area contributed by atoms with Crippen LogP contribution in [0.3, 0.4) is 0 Å². The zero-order valence-electron chi connectivity index (χ0n) is 17.5. The number of rotatable bonds is 9. The molecule has 9 nitrogen and oxygen atoms in total. The Labute approximate surface area is 175 Å². The molecule has 0 amide bonds. The first-order valence-electron chi connectivity index (χ1n) is 10.3. The largest absolute Gasteiger partial charge is 0.383 e. The summed E-state index contributed by atoms with van der Waals surface area (Å²) < 4.78 is 12.7. The van der Waals surface area contributed by atoms with Gasteiger partial charge in [-0.3, -0.25) is 9.69 Å². The van der Waals surface area contributed by atoms with Crippen LogP contribution in [0.1, 0.15) is 29.8 Å². The van der Waals surface area contributed by atoms with E-state index < -0.39 is 0 Å². The number of pyridine rings is 1. The molecule has 0 aliphatic carbocycles. The topological polar surface area (TPSA) is 98.2 Å². The monoisotopic (exact) mass is 412 g/mol. The van der Waals surface area contributed by atoms with Crippen molar-refractivity contribution in [3.8, 4) is 0 Å². The lowest BCUT2D eigenvalue weighted by atomic mass is 10.1. The van der Waals surface area contributed by atoms with Crippen LogP contribution in [0.5, 0.6) is 0 Å². The molecule has 2 aromatic heterocycles. The highest BCUT2D eigenvalue weighted by molar-refractivity contribution is 5.79. The minimum atomic E-state index is -0.0654. The van der Waals surface area contributed by atoms with Crippen molar-refractivity contribution in [3.05, 3.63) is 51.6 Å². The predicted octanol–water partition coefficient (Wildman–Crippen LogP) is 1.65. The molecule has 1 unspecified atom stereocenters. The molecular weight excluding hydrogens is 384 g/mol. The molecule has 1 saturated heterocycles. The van der Waals surface area contributed by atoms with Crippen LogP contribution in [0.4, 0.5) is 0 Å². The second-order valence-electron chi connectivity index (χ2n) is 7.83. The lowest BCUT2D eigenvalue weighted by Crippen LogP contribution is -2.34. The zero-order chi connectivity index (χ0) is 20.9. The van der Waals surface area contributed by atoms with Crippen molar-refractivity contribution in [2.24, 2.45) is 0 Å². The standard InChI is InChI=1S/C21H28N6O3/c1-15-5-6-16-11-17(21(28)22-19(16)10-15)12-26(13-18-4-3-8-30-18)14-20-23-24-25-27(20)7-9-29-2/h5-6,10-11,18H,3-4,7-9,12-14H2,1-2H3,(H,22,28). The summed E-state index contributed by atoms with van der Waals surface area (Å²) in [7, 11) is 1.65. The molecule has 30 heavy (non-hydrogen) atoms. The molecule has 3 heterocycles. The average Bonchev–Trinajstić information content (AvgIpc) is 3.39. The van der Waals surface area contributed by atoms with Crippen LogP contribution in [-0.4, -0.2) is 63.1 Å². The number of hydrogen-bond acceptors (Lipinski definition) is 7. The van der Waals surface area contributed by atoms with E-state index >= 15 is 0 Å². The summed E-state index contributed by atoms with van der Waals surface area (Å²) in [6, 6.07) is 8.07. The van der Waals surface area contributed by atoms with Crippen LogP contribution in [0.25, 0.3) is 10.9 Å².